The Morgan fingerprint density at radius 2 is 1.82 bits per heavy atom. The van der Waals surface area contributed by atoms with Gasteiger partial charge in [-0.05, 0) is 40.0 Å². The predicted molar refractivity (Wildman–Crippen MR) is 68.7 cm³/mol. The van der Waals surface area contributed by atoms with Crippen molar-refractivity contribution in [3.63, 3.8) is 0 Å². The first-order valence-corrected chi connectivity index (χ1v) is 6.20. The smallest absolute Gasteiger partial charge is 0.161 e. The van der Waals surface area contributed by atoms with Gasteiger partial charge in [0.15, 0.2) is 11.5 Å². The van der Waals surface area contributed by atoms with Gasteiger partial charge in [0.05, 0.1) is 0 Å². The third-order valence-corrected chi connectivity index (χ3v) is 3.53. The van der Waals surface area contributed by atoms with E-state index in [0.717, 1.165) is 11.5 Å². The molecular weight excluding hydrogens is 214 g/mol. The molecule has 1 aliphatic heterocycles. The van der Waals surface area contributed by atoms with Crippen LogP contribution in [-0.2, 0) is 0 Å². The molecule has 0 spiro atoms. The van der Waals surface area contributed by atoms with Crippen molar-refractivity contribution in [1.82, 2.24) is 4.90 Å². The predicted octanol–water partition coefficient (Wildman–Crippen LogP) is 2.56. The van der Waals surface area contributed by atoms with Gasteiger partial charge in [-0.1, -0.05) is 12.1 Å². The molecule has 0 bridgehead atoms. The molecule has 17 heavy (non-hydrogen) atoms. The van der Waals surface area contributed by atoms with Gasteiger partial charge < -0.3 is 9.47 Å². The Bertz CT molecular complexity index is 378. The second-order valence-electron chi connectivity index (χ2n) is 4.91. The monoisotopic (exact) mass is 235 g/mol. The molecule has 3 nitrogen and oxygen atoms in total. The first-order chi connectivity index (χ1) is 8.09. The van der Waals surface area contributed by atoms with Crippen LogP contribution in [0.15, 0.2) is 24.3 Å². The van der Waals surface area contributed by atoms with Gasteiger partial charge in [0, 0.05) is 12.1 Å². The Kier molecular flexibility index (Phi) is 3.57. The molecule has 0 amide bonds. The zero-order chi connectivity index (χ0) is 12.4. The highest BCUT2D eigenvalue weighted by Crippen LogP contribution is 2.32. The zero-order valence-corrected chi connectivity index (χ0v) is 11.0. The average Bonchev–Trinajstić information content (AvgIpc) is 2.36. The van der Waals surface area contributed by atoms with Crippen LogP contribution in [0.25, 0.3) is 0 Å². The van der Waals surface area contributed by atoms with E-state index in [1.807, 2.05) is 24.3 Å². The lowest BCUT2D eigenvalue weighted by atomic mass is 10.1. The third kappa shape index (κ3) is 2.55. The van der Waals surface area contributed by atoms with E-state index in [1.165, 1.54) is 0 Å². The normalized spacial score (nSPS) is 20.7. The molecule has 2 unspecified atom stereocenters. The average molecular weight is 235 g/mol. The van der Waals surface area contributed by atoms with Crippen LogP contribution in [0, 0.1) is 0 Å². The van der Waals surface area contributed by atoms with Crippen LogP contribution in [0.2, 0.25) is 0 Å². The van der Waals surface area contributed by atoms with Crippen molar-refractivity contribution in [2.75, 3.05) is 13.7 Å². The maximum Gasteiger partial charge on any atom is 0.161 e. The summed E-state index contributed by atoms with van der Waals surface area (Å²) in [5.41, 5.74) is 0. The minimum Gasteiger partial charge on any atom is -0.486 e. The van der Waals surface area contributed by atoms with Crippen molar-refractivity contribution in [2.24, 2.45) is 0 Å². The fourth-order valence-electron chi connectivity index (χ4n) is 2.01. The highest BCUT2D eigenvalue weighted by molar-refractivity contribution is 5.40. The number of ether oxygens (including phenoxy) is 2. The summed E-state index contributed by atoms with van der Waals surface area (Å²) in [7, 11) is 2.12. The third-order valence-electron chi connectivity index (χ3n) is 3.53. The van der Waals surface area contributed by atoms with Gasteiger partial charge in [0.1, 0.15) is 12.7 Å². The van der Waals surface area contributed by atoms with Crippen LogP contribution >= 0.6 is 0 Å². The molecule has 2 atom stereocenters. The van der Waals surface area contributed by atoms with Gasteiger partial charge in [0.2, 0.25) is 0 Å². The van der Waals surface area contributed by atoms with Crippen LogP contribution in [0.3, 0.4) is 0 Å². The fraction of sp³-hybridized carbons (Fsp3) is 0.571. The Morgan fingerprint density at radius 1 is 1.18 bits per heavy atom. The second kappa shape index (κ2) is 4.96. The van der Waals surface area contributed by atoms with Crippen LogP contribution in [0.5, 0.6) is 11.5 Å². The molecule has 1 aromatic rings. The van der Waals surface area contributed by atoms with E-state index in [9.17, 15) is 0 Å². The van der Waals surface area contributed by atoms with E-state index in [4.69, 9.17) is 9.47 Å². The van der Waals surface area contributed by atoms with Crippen LogP contribution < -0.4 is 9.47 Å². The number of hydrogen-bond acceptors (Lipinski definition) is 3. The van der Waals surface area contributed by atoms with Gasteiger partial charge >= 0.3 is 0 Å². The molecule has 3 heteroatoms. The Hall–Kier alpha value is -1.22. The summed E-state index contributed by atoms with van der Waals surface area (Å²) < 4.78 is 11.7. The van der Waals surface area contributed by atoms with Gasteiger partial charge in [-0.25, -0.2) is 0 Å². The first-order valence-electron chi connectivity index (χ1n) is 6.20. The van der Waals surface area contributed by atoms with E-state index in [0.29, 0.717) is 18.7 Å². The molecule has 1 aliphatic rings. The van der Waals surface area contributed by atoms with Crippen molar-refractivity contribution < 1.29 is 9.47 Å². The molecule has 0 aromatic heterocycles. The summed E-state index contributed by atoms with van der Waals surface area (Å²) >= 11 is 0. The fourth-order valence-corrected chi connectivity index (χ4v) is 2.01. The van der Waals surface area contributed by atoms with Crippen molar-refractivity contribution >= 4 is 0 Å². The summed E-state index contributed by atoms with van der Waals surface area (Å²) in [4.78, 5) is 2.31. The summed E-state index contributed by atoms with van der Waals surface area (Å²) in [5.74, 6) is 1.70. The van der Waals surface area contributed by atoms with Crippen LogP contribution in [-0.4, -0.2) is 36.7 Å². The van der Waals surface area contributed by atoms with Crippen molar-refractivity contribution in [3.05, 3.63) is 24.3 Å². The van der Waals surface area contributed by atoms with E-state index in [-0.39, 0.29) is 6.10 Å². The lowest BCUT2D eigenvalue weighted by molar-refractivity contribution is 0.0201. The number of para-hydroxylation sites is 2. The molecule has 2 rings (SSSR count). The van der Waals surface area contributed by atoms with Crippen molar-refractivity contribution in [3.8, 4) is 11.5 Å². The maximum atomic E-state index is 6.00. The number of likely N-dealkylation sites (N-methyl/N-ethyl adjacent to an activating group) is 1. The standard InChI is InChI=1S/C14H21NO2/c1-10(2)15(4)11(3)14-9-16-12-7-5-6-8-13(12)17-14/h5-8,10-11,14H,9H2,1-4H3. The van der Waals surface area contributed by atoms with Gasteiger partial charge in [-0.3, -0.25) is 4.90 Å². The minimum atomic E-state index is 0.0947. The SMILES string of the molecule is CC(C)N(C)C(C)C1COc2ccccc2O1. The Morgan fingerprint density at radius 3 is 2.47 bits per heavy atom. The number of benzene rings is 1. The molecule has 94 valence electrons. The van der Waals surface area contributed by atoms with Crippen LogP contribution in [0.4, 0.5) is 0 Å². The molecular formula is C14H21NO2. The summed E-state index contributed by atoms with van der Waals surface area (Å²) in [6, 6.07) is 8.69. The number of fused-ring (bicyclic) bond motifs is 1. The number of nitrogens with zero attached hydrogens (tertiary/aromatic N) is 1. The largest absolute Gasteiger partial charge is 0.486 e. The minimum absolute atomic E-state index is 0.0947. The Labute approximate surface area is 103 Å². The summed E-state index contributed by atoms with van der Waals surface area (Å²) in [6.07, 6.45) is 0.0947. The molecule has 0 saturated carbocycles. The van der Waals surface area contributed by atoms with Gasteiger partial charge in [-0.2, -0.15) is 0 Å². The molecule has 0 N–H and O–H groups in total. The van der Waals surface area contributed by atoms with Crippen molar-refractivity contribution in [1.29, 1.82) is 0 Å². The zero-order valence-electron chi connectivity index (χ0n) is 11.0. The Balaban J connectivity index is 2.07. The second-order valence-corrected chi connectivity index (χ2v) is 4.91. The molecule has 0 saturated heterocycles. The highest BCUT2D eigenvalue weighted by atomic mass is 16.6. The van der Waals surface area contributed by atoms with Gasteiger partial charge in [0.25, 0.3) is 0 Å². The first kappa shape index (κ1) is 12.2. The summed E-state index contributed by atoms with van der Waals surface area (Å²) in [5, 5.41) is 0. The number of hydrogen-bond donors (Lipinski definition) is 0. The van der Waals surface area contributed by atoms with E-state index in [1.54, 1.807) is 0 Å². The quantitative estimate of drug-likeness (QED) is 0.803. The maximum absolute atomic E-state index is 6.00. The lowest BCUT2D eigenvalue weighted by Crippen LogP contribution is -2.49. The lowest BCUT2D eigenvalue weighted by Gasteiger charge is -2.36. The van der Waals surface area contributed by atoms with Crippen molar-refractivity contribution in [2.45, 2.75) is 39.0 Å². The van der Waals surface area contributed by atoms with Gasteiger partial charge in [-0.15, -0.1) is 0 Å². The van der Waals surface area contributed by atoms with E-state index < -0.39 is 0 Å². The van der Waals surface area contributed by atoms with E-state index in [2.05, 4.69) is 32.7 Å². The molecule has 0 aliphatic carbocycles. The van der Waals surface area contributed by atoms with Crippen LogP contribution in [0.1, 0.15) is 20.8 Å². The molecule has 0 radical (unpaired) electrons. The molecule has 0 fully saturated rings. The highest BCUT2D eigenvalue weighted by Gasteiger charge is 2.29. The topological polar surface area (TPSA) is 21.7 Å². The molecule has 1 aromatic carbocycles. The van der Waals surface area contributed by atoms with E-state index >= 15 is 0 Å². The summed E-state index contributed by atoms with van der Waals surface area (Å²) in [6.45, 7) is 7.18. The number of rotatable bonds is 3. The molecule has 1 heterocycles.